The van der Waals surface area contributed by atoms with Crippen LogP contribution in [0.15, 0.2) is 66.7 Å². The second-order valence-electron chi connectivity index (χ2n) is 10.2. The van der Waals surface area contributed by atoms with Crippen molar-refractivity contribution in [2.24, 2.45) is 0 Å². The van der Waals surface area contributed by atoms with Crippen LogP contribution >= 0.6 is 0 Å². The van der Waals surface area contributed by atoms with E-state index in [1.165, 1.54) is 21.8 Å². The van der Waals surface area contributed by atoms with Crippen LogP contribution in [0.1, 0.15) is 56.7 Å². The summed E-state index contributed by atoms with van der Waals surface area (Å²) in [6.45, 7) is 1.76. The molecule has 2 heterocycles. The van der Waals surface area contributed by atoms with E-state index in [2.05, 4.69) is 15.5 Å². The van der Waals surface area contributed by atoms with Gasteiger partial charge < -0.3 is 14.8 Å². The molecule has 9 nitrogen and oxygen atoms in total. The predicted molar refractivity (Wildman–Crippen MR) is 146 cm³/mol. The molecule has 1 fully saturated rings. The quantitative estimate of drug-likeness (QED) is 0.349. The summed E-state index contributed by atoms with van der Waals surface area (Å²) in [6, 6.07) is 16.2. The van der Waals surface area contributed by atoms with E-state index in [1.54, 1.807) is 37.3 Å². The van der Waals surface area contributed by atoms with E-state index >= 15 is 0 Å². The highest BCUT2D eigenvalue weighted by molar-refractivity contribution is 6.03. The summed E-state index contributed by atoms with van der Waals surface area (Å²) in [4.78, 5) is 31.3. The molecular weight excluding hydrogens is 513 g/mol. The number of nitrogens with zero attached hydrogens (tertiary/aromatic N) is 4. The molecule has 206 valence electrons. The summed E-state index contributed by atoms with van der Waals surface area (Å²) >= 11 is 0. The molecule has 10 heteroatoms. The van der Waals surface area contributed by atoms with E-state index in [-0.39, 0.29) is 18.7 Å². The lowest BCUT2D eigenvalue weighted by Crippen LogP contribution is -2.49. The highest BCUT2D eigenvalue weighted by Gasteiger charge is 2.38. The second kappa shape index (κ2) is 11.0. The maximum atomic E-state index is 14.4. The van der Waals surface area contributed by atoms with Crippen LogP contribution in [-0.4, -0.2) is 39.6 Å². The molecule has 1 aliphatic heterocycles. The first-order valence-electron chi connectivity index (χ1n) is 13.6. The largest absolute Gasteiger partial charge is 0.454 e. The van der Waals surface area contributed by atoms with Crippen LogP contribution < -0.4 is 19.7 Å². The minimum Gasteiger partial charge on any atom is -0.454 e. The molecule has 2 atom stereocenters. The van der Waals surface area contributed by atoms with Gasteiger partial charge in [0, 0.05) is 17.8 Å². The van der Waals surface area contributed by atoms with Crippen LogP contribution in [0.2, 0.25) is 0 Å². The number of hydrogen-bond donors (Lipinski definition) is 1. The van der Waals surface area contributed by atoms with Crippen molar-refractivity contribution in [3.8, 4) is 11.5 Å². The molecule has 4 aromatic rings. The zero-order valence-corrected chi connectivity index (χ0v) is 22.1. The van der Waals surface area contributed by atoms with Crippen molar-refractivity contribution in [1.29, 1.82) is 0 Å². The molecule has 40 heavy (non-hydrogen) atoms. The number of hydrogen-bond acceptors (Lipinski definition) is 6. The number of nitrogens with one attached hydrogen (secondary N) is 1. The number of rotatable bonds is 7. The van der Waals surface area contributed by atoms with Gasteiger partial charge in [-0.05, 0) is 61.7 Å². The van der Waals surface area contributed by atoms with Gasteiger partial charge in [-0.15, -0.1) is 0 Å². The van der Waals surface area contributed by atoms with Gasteiger partial charge in [-0.3, -0.25) is 14.5 Å². The van der Waals surface area contributed by atoms with E-state index < -0.39 is 23.8 Å². The van der Waals surface area contributed by atoms with Crippen molar-refractivity contribution in [3.63, 3.8) is 0 Å². The Balaban J connectivity index is 1.44. The van der Waals surface area contributed by atoms with Crippen LogP contribution in [-0.2, 0) is 9.59 Å². The Kier molecular flexibility index (Phi) is 7.06. The molecule has 0 radical (unpaired) electrons. The lowest BCUT2D eigenvalue weighted by molar-refractivity contribution is -0.128. The number of ether oxygens (including phenoxy) is 2. The molecule has 2 amide bonds. The summed E-state index contributed by atoms with van der Waals surface area (Å²) in [6.07, 6.45) is 4.96. The van der Waals surface area contributed by atoms with Crippen LogP contribution in [0.25, 0.3) is 11.0 Å². The van der Waals surface area contributed by atoms with Gasteiger partial charge in [0.25, 0.3) is 5.91 Å². The van der Waals surface area contributed by atoms with Crippen molar-refractivity contribution in [2.45, 2.75) is 57.2 Å². The number of amides is 2. The third-order valence-electron chi connectivity index (χ3n) is 7.52. The second-order valence-corrected chi connectivity index (χ2v) is 10.2. The number of aromatic nitrogens is 3. The van der Waals surface area contributed by atoms with Gasteiger partial charge in [-0.25, -0.2) is 4.39 Å². The molecule has 3 aromatic carbocycles. The maximum absolute atomic E-state index is 14.4. The average Bonchev–Trinajstić information content (AvgIpc) is 3.63. The van der Waals surface area contributed by atoms with E-state index in [0.717, 1.165) is 32.1 Å². The van der Waals surface area contributed by atoms with Gasteiger partial charge in [0.05, 0.1) is 0 Å². The zero-order chi connectivity index (χ0) is 27.6. The molecule has 0 bridgehead atoms. The summed E-state index contributed by atoms with van der Waals surface area (Å²) in [5, 5.41) is 12.2. The van der Waals surface area contributed by atoms with Crippen LogP contribution in [0.5, 0.6) is 11.5 Å². The Labute approximate surface area is 230 Å². The van der Waals surface area contributed by atoms with E-state index in [1.807, 2.05) is 24.3 Å². The Morgan fingerprint density at radius 2 is 1.62 bits per heavy atom. The third-order valence-corrected chi connectivity index (χ3v) is 7.52. The highest BCUT2D eigenvalue weighted by Crippen LogP contribution is 2.39. The summed E-state index contributed by atoms with van der Waals surface area (Å²) in [7, 11) is 0. The number of carbonyl (C=O) groups is 2. The molecular formula is C30H30FN5O4. The van der Waals surface area contributed by atoms with Crippen LogP contribution in [0, 0.1) is 5.82 Å². The maximum Gasteiger partial charge on any atom is 0.254 e. The van der Waals surface area contributed by atoms with Gasteiger partial charge in [0.2, 0.25) is 12.7 Å². The fourth-order valence-corrected chi connectivity index (χ4v) is 5.38. The fraction of sp³-hybridized carbons (Fsp3) is 0.333. The topological polar surface area (TPSA) is 98.6 Å². The van der Waals surface area contributed by atoms with Crippen molar-refractivity contribution in [3.05, 3.63) is 78.1 Å². The van der Waals surface area contributed by atoms with Crippen molar-refractivity contribution < 1.29 is 23.5 Å². The molecule has 2 unspecified atom stereocenters. The molecule has 1 N–H and O–H groups in total. The number of halogens is 1. The van der Waals surface area contributed by atoms with Crippen molar-refractivity contribution >= 4 is 28.5 Å². The first-order chi connectivity index (χ1) is 19.5. The molecule has 0 saturated heterocycles. The van der Waals surface area contributed by atoms with Crippen molar-refractivity contribution in [2.75, 3.05) is 11.7 Å². The monoisotopic (exact) mass is 543 g/mol. The molecule has 1 saturated carbocycles. The van der Waals surface area contributed by atoms with Gasteiger partial charge in [0.15, 0.2) is 11.5 Å². The van der Waals surface area contributed by atoms with Crippen LogP contribution in [0.3, 0.4) is 0 Å². The standard InChI is InChI=1S/C30H30FN5O4/c1-19(36-33-24-9-5-6-10-25(24)34-36)30(38)35(23-15-16-26-27(17-23)40-18-39-26)28(20-11-13-21(31)14-12-20)29(37)32-22-7-3-2-4-8-22/h5-6,9-17,19,22,28H,2-4,7-8,18H2,1H3,(H,32,37). The summed E-state index contributed by atoms with van der Waals surface area (Å²) in [5.74, 6) is -0.162. The third kappa shape index (κ3) is 5.09. The lowest BCUT2D eigenvalue weighted by Gasteiger charge is -2.34. The Morgan fingerprint density at radius 3 is 2.33 bits per heavy atom. The molecule has 0 spiro atoms. The Bertz CT molecular complexity index is 1500. The van der Waals surface area contributed by atoms with E-state index in [0.29, 0.717) is 33.8 Å². The zero-order valence-electron chi connectivity index (χ0n) is 22.1. The molecule has 1 aliphatic carbocycles. The highest BCUT2D eigenvalue weighted by atomic mass is 19.1. The number of carbonyl (C=O) groups excluding carboxylic acids is 2. The molecule has 1 aromatic heterocycles. The van der Waals surface area contributed by atoms with Crippen molar-refractivity contribution in [1.82, 2.24) is 20.3 Å². The number of anilines is 1. The lowest BCUT2D eigenvalue weighted by atomic mass is 9.94. The fourth-order valence-electron chi connectivity index (χ4n) is 5.38. The number of fused-ring (bicyclic) bond motifs is 2. The van der Waals surface area contributed by atoms with Gasteiger partial charge in [-0.1, -0.05) is 43.5 Å². The minimum atomic E-state index is -1.08. The Morgan fingerprint density at radius 1 is 0.950 bits per heavy atom. The average molecular weight is 544 g/mol. The minimum absolute atomic E-state index is 0.00779. The Hall–Kier alpha value is -4.47. The smallest absolute Gasteiger partial charge is 0.254 e. The van der Waals surface area contributed by atoms with E-state index in [4.69, 9.17) is 9.47 Å². The van der Waals surface area contributed by atoms with Crippen LogP contribution in [0.4, 0.5) is 10.1 Å². The van der Waals surface area contributed by atoms with Gasteiger partial charge in [0.1, 0.15) is 28.9 Å². The normalized spacial score (nSPS) is 16.4. The SMILES string of the molecule is CC(C(=O)N(c1ccc2c(c1)OCO2)C(C(=O)NC1CCCCC1)c1ccc(F)cc1)n1nc2ccccc2n1. The summed E-state index contributed by atoms with van der Waals surface area (Å²) in [5.41, 5.74) is 2.22. The first kappa shape index (κ1) is 25.8. The molecule has 2 aliphatic rings. The number of benzene rings is 3. The predicted octanol–water partition coefficient (Wildman–Crippen LogP) is 5.08. The van der Waals surface area contributed by atoms with E-state index in [9.17, 15) is 14.0 Å². The van der Waals surface area contributed by atoms with Gasteiger partial charge in [-0.2, -0.15) is 15.0 Å². The molecule has 6 rings (SSSR count). The van der Waals surface area contributed by atoms with Gasteiger partial charge >= 0.3 is 0 Å². The summed E-state index contributed by atoms with van der Waals surface area (Å²) < 4.78 is 25.1. The first-order valence-corrected chi connectivity index (χ1v) is 13.6.